The lowest BCUT2D eigenvalue weighted by atomic mass is 10.7. The summed E-state index contributed by atoms with van der Waals surface area (Å²) in [6.45, 7) is 0.931. The number of nitrogens with two attached hydrogens (primary N) is 2. The Kier molecular flexibility index (Phi) is 0.968. The van der Waals surface area contributed by atoms with Crippen LogP contribution in [0.5, 0.6) is 0 Å². The third-order valence-corrected chi connectivity index (χ3v) is 0.680. The summed E-state index contributed by atoms with van der Waals surface area (Å²) in [5.41, 5.74) is 10.1. The molecule has 45 valence electrons. The monoisotopic (exact) mass is 116 g/mol. The molecule has 0 aromatic rings. The lowest BCUT2D eigenvalue weighted by Gasteiger charge is -2.13. The molecule has 1 rings (SSSR count). The topological polar surface area (TPSA) is 90.4 Å². The average molecular weight is 116 g/mol. The van der Waals surface area contributed by atoms with E-state index in [9.17, 15) is 4.79 Å². The maximum Gasteiger partial charge on any atom is 0.256 e. The molecule has 8 heavy (non-hydrogen) atoms. The lowest BCUT2D eigenvalue weighted by Crippen LogP contribution is -2.59. The maximum atomic E-state index is 10.2. The number of hydrogen-bond acceptors (Lipinski definition) is 4. The Morgan fingerprint density at radius 2 is 2.38 bits per heavy atom. The van der Waals surface area contributed by atoms with Gasteiger partial charge in [0.25, 0.3) is 11.9 Å². The van der Waals surface area contributed by atoms with Gasteiger partial charge in [-0.05, 0) is 0 Å². The van der Waals surface area contributed by atoms with Gasteiger partial charge < -0.3 is 10.1 Å². The molecular formula is C3H6N3O2. The van der Waals surface area contributed by atoms with Crippen LogP contribution in [-0.2, 0) is 9.53 Å². The molecule has 5 N–H and O–H groups in total. The lowest BCUT2D eigenvalue weighted by molar-refractivity contribution is -0.117. The first-order valence-electron chi connectivity index (χ1n) is 2.01. The highest BCUT2D eigenvalue weighted by Crippen LogP contribution is 2.00. The summed E-state index contributed by atoms with van der Waals surface area (Å²) in [5, 5.41) is 2.13. The van der Waals surface area contributed by atoms with Gasteiger partial charge in [-0.2, -0.15) is 0 Å². The predicted molar refractivity (Wildman–Crippen MR) is 24.6 cm³/mol. The minimum absolute atomic E-state index is 0.407. The first kappa shape index (κ1) is 5.49. The van der Waals surface area contributed by atoms with Gasteiger partial charge in [-0.1, -0.05) is 0 Å². The van der Waals surface area contributed by atoms with Crippen molar-refractivity contribution in [2.75, 3.05) is 0 Å². The van der Waals surface area contributed by atoms with Crippen LogP contribution in [0.3, 0.4) is 0 Å². The standard InChI is InChI=1S/C3H6N3O2/c4-3(5)6-2(7)1-8-3/h1H,4-5H2,(H,6,7). The Morgan fingerprint density at radius 1 is 1.75 bits per heavy atom. The van der Waals surface area contributed by atoms with Gasteiger partial charge in [0, 0.05) is 0 Å². The molecule has 0 bridgehead atoms. The Balaban J connectivity index is 2.56. The molecule has 0 aromatic heterocycles. The quantitative estimate of drug-likeness (QED) is 0.314. The summed E-state index contributed by atoms with van der Waals surface area (Å²) in [4.78, 5) is 10.2. The number of carbonyl (C=O) groups is 1. The maximum absolute atomic E-state index is 10.2. The molecule has 1 radical (unpaired) electrons. The SMILES string of the molecule is NC1(N)NC(=O)[CH]O1. The molecule has 1 fully saturated rings. The number of ether oxygens (including phenoxy) is 1. The fourth-order valence-corrected chi connectivity index (χ4v) is 0.403. The minimum Gasteiger partial charge on any atom is -0.314 e. The van der Waals surface area contributed by atoms with Gasteiger partial charge in [-0.15, -0.1) is 0 Å². The normalized spacial score (nSPS) is 25.5. The smallest absolute Gasteiger partial charge is 0.256 e. The number of rotatable bonds is 0. The first-order chi connectivity index (χ1) is 3.60. The van der Waals surface area contributed by atoms with Crippen molar-refractivity contribution < 1.29 is 9.53 Å². The summed E-state index contributed by atoms with van der Waals surface area (Å²) in [5.74, 6) is -1.90. The average Bonchev–Trinajstić information content (AvgIpc) is 1.82. The minimum atomic E-state index is -1.49. The van der Waals surface area contributed by atoms with E-state index >= 15 is 0 Å². The highest BCUT2D eigenvalue weighted by atomic mass is 16.6. The molecule has 1 aliphatic rings. The zero-order valence-corrected chi connectivity index (χ0v) is 4.05. The van der Waals surface area contributed by atoms with Crippen LogP contribution in [0.25, 0.3) is 0 Å². The second kappa shape index (κ2) is 1.41. The van der Waals surface area contributed by atoms with Gasteiger partial charge in [0.2, 0.25) is 0 Å². The van der Waals surface area contributed by atoms with Crippen molar-refractivity contribution in [2.24, 2.45) is 11.5 Å². The van der Waals surface area contributed by atoms with Crippen molar-refractivity contribution in [3.8, 4) is 0 Å². The van der Waals surface area contributed by atoms with Crippen molar-refractivity contribution in [3.63, 3.8) is 0 Å². The van der Waals surface area contributed by atoms with Crippen LogP contribution >= 0.6 is 0 Å². The molecule has 0 spiro atoms. The summed E-state index contributed by atoms with van der Waals surface area (Å²) in [6.07, 6.45) is 0. The molecule has 5 heteroatoms. The highest BCUT2D eigenvalue weighted by molar-refractivity contribution is 5.85. The number of amides is 1. The third kappa shape index (κ3) is 0.945. The van der Waals surface area contributed by atoms with E-state index in [2.05, 4.69) is 10.1 Å². The van der Waals surface area contributed by atoms with Crippen molar-refractivity contribution in [2.45, 2.75) is 5.97 Å². The number of hydrogen-bond donors (Lipinski definition) is 3. The molecule has 0 aliphatic carbocycles. The molecule has 0 unspecified atom stereocenters. The Hall–Kier alpha value is -0.650. The van der Waals surface area contributed by atoms with Gasteiger partial charge in [0.1, 0.15) is 0 Å². The van der Waals surface area contributed by atoms with Crippen molar-refractivity contribution in [1.29, 1.82) is 0 Å². The third-order valence-electron chi connectivity index (χ3n) is 0.680. The van der Waals surface area contributed by atoms with Crippen LogP contribution in [0.2, 0.25) is 0 Å². The second-order valence-electron chi connectivity index (χ2n) is 1.52. The Morgan fingerprint density at radius 3 is 2.50 bits per heavy atom. The summed E-state index contributed by atoms with van der Waals surface area (Å²) >= 11 is 0. The van der Waals surface area contributed by atoms with E-state index in [0.29, 0.717) is 0 Å². The van der Waals surface area contributed by atoms with Gasteiger partial charge in [-0.25, -0.2) is 0 Å². The first-order valence-corrected chi connectivity index (χ1v) is 2.01. The van der Waals surface area contributed by atoms with Crippen molar-refractivity contribution >= 4 is 5.91 Å². The molecular weight excluding hydrogens is 110 g/mol. The van der Waals surface area contributed by atoms with E-state index in [1.165, 1.54) is 0 Å². The molecule has 1 saturated heterocycles. The highest BCUT2D eigenvalue weighted by Gasteiger charge is 2.30. The van der Waals surface area contributed by atoms with Crippen LogP contribution < -0.4 is 16.8 Å². The van der Waals surface area contributed by atoms with E-state index in [1.54, 1.807) is 0 Å². The van der Waals surface area contributed by atoms with Gasteiger partial charge in [-0.3, -0.25) is 16.3 Å². The van der Waals surface area contributed by atoms with E-state index in [1.807, 2.05) is 0 Å². The fourth-order valence-electron chi connectivity index (χ4n) is 0.403. The van der Waals surface area contributed by atoms with Crippen molar-refractivity contribution in [1.82, 2.24) is 5.32 Å². The summed E-state index contributed by atoms with van der Waals surface area (Å²) < 4.78 is 4.42. The van der Waals surface area contributed by atoms with Crippen LogP contribution in [0.1, 0.15) is 0 Å². The summed E-state index contributed by atoms with van der Waals surface area (Å²) in [6, 6.07) is 0. The molecule has 5 nitrogen and oxygen atoms in total. The van der Waals surface area contributed by atoms with Gasteiger partial charge in [0.05, 0.1) is 0 Å². The number of carbonyl (C=O) groups excluding carboxylic acids is 1. The van der Waals surface area contributed by atoms with E-state index in [4.69, 9.17) is 11.5 Å². The second-order valence-corrected chi connectivity index (χ2v) is 1.52. The zero-order valence-electron chi connectivity index (χ0n) is 4.05. The number of nitrogens with one attached hydrogen (secondary N) is 1. The van der Waals surface area contributed by atoms with Gasteiger partial charge in [0.15, 0.2) is 6.61 Å². The molecule has 0 aromatic carbocycles. The van der Waals surface area contributed by atoms with Crippen molar-refractivity contribution in [3.05, 3.63) is 6.61 Å². The van der Waals surface area contributed by atoms with Crippen LogP contribution in [0, 0.1) is 6.61 Å². The Bertz CT molecular complexity index is 122. The largest absolute Gasteiger partial charge is 0.314 e. The zero-order chi connectivity index (χ0) is 6.20. The molecule has 1 aliphatic heterocycles. The molecule has 0 atom stereocenters. The predicted octanol–water partition coefficient (Wildman–Crippen LogP) is -2.18. The molecule has 1 heterocycles. The van der Waals surface area contributed by atoms with Gasteiger partial charge >= 0.3 is 0 Å². The fraction of sp³-hybridized carbons (Fsp3) is 0.333. The van der Waals surface area contributed by atoms with Crippen LogP contribution in [-0.4, -0.2) is 11.9 Å². The summed E-state index contributed by atoms with van der Waals surface area (Å²) in [7, 11) is 0. The molecule has 1 amide bonds. The Labute approximate surface area is 46.0 Å². The van der Waals surface area contributed by atoms with E-state index < -0.39 is 11.9 Å². The van der Waals surface area contributed by atoms with E-state index in [-0.39, 0.29) is 0 Å². The van der Waals surface area contributed by atoms with Crippen LogP contribution in [0.15, 0.2) is 0 Å². The van der Waals surface area contributed by atoms with E-state index in [0.717, 1.165) is 6.61 Å². The molecule has 0 saturated carbocycles. The van der Waals surface area contributed by atoms with Crippen LogP contribution in [0.4, 0.5) is 0 Å².